The lowest BCUT2D eigenvalue weighted by atomic mass is 9.89. The molecule has 3 rings (SSSR count). The Morgan fingerprint density at radius 2 is 1.53 bits per heavy atom. The summed E-state index contributed by atoms with van der Waals surface area (Å²) < 4.78 is 0. The van der Waals surface area contributed by atoms with Crippen LogP contribution in [0.15, 0.2) is 48.5 Å². The number of aliphatic hydroxyl groups excluding tert-OH is 1. The van der Waals surface area contributed by atoms with Crippen molar-refractivity contribution in [1.82, 2.24) is 16.1 Å². The van der Waals surface area contributed by atoms with Crippen LogP contribution in [-0.2, 0) is 9.59 Å². The molecule has 9 nitrogen and oxygen atoms in total. The van der Waals surface area contributed by atoms with Gasteiger partial charge in [0.1, 0.15) is 6.04 Å². The minimum absolute atomic E-state index is 0. The standard InChI is InChI=1S/C28H34N4O5.CH4/c1-19(33)26(28(36)32-37)31-27(35)23-13-9-20(10-14-23)7-8-21-11-15-24(16-12-21)30-25(34)18-29-17-22-5-3-2-4-6-22;/h9-16,19,22,26,29,33,37H,2-6,17-18H2,1H3,(H,30,34)(H,31,35)(H,32,36);1H4/t19-,26+;/m1./s1. The Labute approximate surface area is 224 Å². The van der Waals surface area contributed by atoms with Gasteiger partial charge in [-0.15, -0.1) is 0 Å². The number of rotatable bonds is 9. The maximum absolute atomic E-state index is 12.4. The largest absolute Gasteiger partial charge is 0.391 e. The van der Waals surface area contributed by atoms with E-state index in [0.717, 1.165) is 12.1 Å². The number of nitrogens with one attached hydrogen (secondary N) is 4. The van der Waals surface area contributed by atoms with E-state index in [1.54, 1.807) is 36.4 Å². The number of hydrogen-bond donors (Lipinski definition) is 6. The first-order valence-electron chi connectivity index (χ1n) is 12.5. The number of hydroxylamine groups is 1. The number of aliphatic hydroxyl groups is 1. The second-order valence-corrected chi connectivity index (χ2v) is 9.26. The topological polar surface area (TPSA) is 140 Å². The van der Waals surface area contributed by atoms with E-state index in [0.29, 0.717) is 23.7 Å². The summed E-state index contributed by atoms with van der Waals surface area (Å²) in [6, 6.07) is 12.4. The highest BCUT2D eigenvalue weighted by Gasteiger charge is 2.25. The Morgan fingerprint density at radius 1 is 0.947 bits per heavy atom. The molecule has 0 spiro atoms. The molecule has 38 heavy (non-hydrogen) atoms. The molecule has 1 fully saturated rings. The Bertz CT molecular complexity index is 1110. The van der Waals surface area contributed by atoms with Crippen LogP contribution in [0.4, 0.5) is 5.69 Å². The Morgan fingerprint density at radius 3 is 2.08 bits per heavy atom. The number of carbonyl (C=O) groups is 3. The van der Waals surface area contributed by atoms with E-state index in [1.165, 1.54) is 44.5 Å². The summed E-state index contributed by atoms with van der Waals surface area (Å²) in [5.74, 6) is 5.17. The molecule has 3 amide bonds. The predicted octanol–water partition coefficient (Wildman–Crippen LogP) is 2.82. The number of benzene rings is 2. The van der Waals surface area contributed by atoms with Crippen LogP contribution in [0.1, 0.15) is 67.9 Å². The van der Waals surface area contributed by atoms with Crippen molar-refractivity contribution in [2.24, 2.45) is 5.92 Å². The van der Waals surface area contributed by atoms with E-state index in [9.17, 15) is 19.5 Å². The zero-order valence-electron chi connectivity index (χ0n) is 20.9. The smallest absolute Gasteiger partial charge is 0.268 e. The fourth-order valence-corrected chi connectivity index (χ4v) is 4.17. The van der Waals surface area contributed by atoms with Crippen molar-refractivity contribution in [2.45, 2.75) is 58.6 Å². The van der Waals surface area contributed by atoms with Crippen LogP contribution in [0.3, 0.4) is 0 Å². The van der Waals surface area contributed by atoms with E-state index in [2.05, 4.69) is 27.8 Å². The highest BCUT2D eigenvalue weighted by atomic mass is 16.5. The lowest BCUT2D eigenvalue weighted by Gasteiger charge is -2.21. The summed E-state index contributed by atoms with van der Waals surface area (Å²) >= 11 is 0. The quantitative estimate of drug-likeness (QED) is 0.170. The zero-order chi connectivity index (χ0) is 26.6. The molecule has 0 aliphatic heterocycles. The van der Waals surface area contributed by atoms with E-state index in [4.69, 9.17) is 5.21 Å². The average Bonchev–Trinajstić information content (AvgIpc) is 2.91. The maximum Gasteiger partial charge on any atom is 0.268 e. The average molecular weight is 523 g/mol. The predicted molar refractivity (Wildman–Crippen MR) is 147 cm³/mol. The second kappa shape index (κ2) is 15.5. The highest BCUT2D eigenvalue weighted by Crippen LogP contribution is 2.22. The molecule has 2 atom stereocenters. The molecular weight excluding hydrogens is 484 g/mol. The molecule has 6 N–H and O–H groups in total. The lowest BCUT2D eigenvalue weighted by molar-refractivity contribution is -0.133. The molecule has 0 aromatic heterocycles. The maximum atomic E-state index is 12.4. The van der Waals surface area contributed by atoms with E-state index in [-0.39, 0.29) is 18.9 Å². The first-order valence-corrected chi connectivity index (χ1v) is 12.5. The lowest BCUT2D eigenvalue weighted by Crippen LogP contribution is -2.51. The fourth-order valence-electron chi connectivity index (χ4n) is 4.17. The molecule has 1 aliphatic rings. The van der Waals surface area contributed by atoms with Crippen LogP contribution in [0.25, 0.3) is 0 Å². The van der Waals surface area contributed by atoms with Crippen LogP contribution in [-0.4, -0.2) is 53.3 Å². The first-order chi connectivity index (χ1) is 17.9. The molecule has 9 heteroatoms. The van der Waals surface area contributed by atoms with Gasteiger partial charge in [-0.3, -0.25) is 19.6 Å². The van der Waals surface area contributed by atoms with E-state index in [1.807, 2.05) is 12.1 Å². The van der Waals surface area contributed by atoms with Crippen molar-refractivity contribution >= 4 is 23.4 Å². The van der Waals surface area contributed by atoms with Crippen LogP contribution < -0.4 is 21.4 Å². The summed E-state index contributed by atoms with van der Waals surface area (Å²) in [6.07, 6.45) is 5.19. The van der Waals surface area contributed by atoms with Crippen molar-refractivity contribution < 1.29 is 24.7 Å². The number of amides is 3. The van der Waals surface area contributed by atoms with Gasteiger partial charge in [0.15, 0.2) is 0 Å². The molecule has 0 radical (unpaired) electrons. The van der Waals surface area contributed by atoms with Gasteiger partial charge in [-0.2, -0.15) is 0 Å². The van der Waals surface area contributed by atoms with Gasteiger partial charge in [0.25, 0.3) is 11.8 Å². The van der Waals surface area contributed by atoms with Gasteiger partial charge in [-0.1, -0.05) is 38.5 Å². The van der Waals surface area contributed by atoms with Crippen molar-refractivity contribution in [1.29, 1.82) is 0 Å². The van der Waals surface area contributed by atoms with Gasteiger partial charge >= 0.3 is 0 Å². The first kappa shape index (κ1) is 30.5. The molecule has 2 aromatic carbocycles. The molecule has 0 bridgehead atoms. The zero-order valence-corrected chi connectivity index (χ0v) is 20.9. The second-order valence-electron chi connectivity index (χ2n) is 9.26. The Kier molecular flexibility index (Phi) is 12.5. The molecule has 0 heterocycles. The minimum atomic E-state index is -1.29. The molecule has 0 unspecified atom stereocenters. The monoisotopic (exact) mass is 522 g/mol. The number of hydrogen-bond acceptors (Lipinski definition) is 6. The third kappa shape index (κ3) is 9.63. The summed E-state index contributed by atoms with van der Waals surface area (Å²) in [5, 5.41) is 26.9. The van der Waals surface area contributed by atoms with Crippen molar-refractivity contribution in [2.75, 3.05) is 18.4 Å². The minimum Gasteiger partial charge on any atom is -0.391 e. The van der Waals surface area contributed by atoms with E-state index >= 15 is 0 Å². The van der Waals surface area contributed by atoms with Gasteiger partial charge in [-0.25, -0.2) is 5.48 Å². The summed E-state index contributed by atoms with van der Waals surface area (Å²) in [7, 11) is 0. The fraction of sp³-hybridized carbons (Fsp3) is 0.414. The molecule has 1 aliphatic carbocycles. The van der Waals surface area contributed by atoms with Crippen molar-refractivity contribution in [3.8, 4) is 11.8 Å². The third-order valence-electron chi connectivity index (χ3n) is 6.27. The van der Waals surface area contributed by atoms with Crippen LogP contribution in [0.5, 0.6) is 0 Å². The summed E-state index contributed by atoms with van der Waals surface area (Å²) in [5.41, 5.74) is 3.85. The Balaban J connectivity index is 0.00000507. The van der Waals surface area contributed by atoms with Crippen molar-refractivity contribution in [3.05, 3.63) is 65.2 Å². The molecule has 2 aromatic rings. The van der Waals surface area contributed by atoms with Gasteiger partial charge in [0, 0.05) is 22.4 Å². The normalized spacial score (nSPS) is 14.6. The molecule has 204 valence electrons. The summed E-state index contributed by atoms with van der Waals surface area (Å²) in [6.45, 7) is 2.51. The summed E-state index contributed by atoms with van der Waals surface area (Å²) in [4.78, 5) is 36.1. The van der Waals surface area contributed by atoms with Gasteiger partial charge in [0.05, 0.1) is 12.6 Å². The molecular formula is C29H38N4O5. The Hall–Kier alpha value is -3.71. The molecule has 0 saturated heterocycles. The van der Waals surface area contributed by atoms with Gasteiger partial charge in [-0.05, 0) is 80.8 Å². The highest BCUT2D eigenvalue weighted by molar-refractivity contribution is 5.97. The number of anilines is 1. The third-order valence-corrected chi connectivity index (χ3v) is 6.27. The van der Waals surface area contributed by atoms with Crippen LogP contribution in [0.2, 0.25) is 0 Å². The number of carbonyl (C=O) groups excluding carboxylic acids is 3. The van der Waals surface area contributed by atoms with E-state index < -0.39 is 24.0 Å². The van der Waals surface area contributed by atoms with Gasteiger partial charge in [0.2, 0.25) is 5.91 Å². The van der Waals surface area contributed by atoms with Crippen LogP contribution >= 0.6 is 0 Å². The van der Waals surface area contributed by atoms with Crippen LogP contribution in [0, 0.1) is 17.8 Å². The van der Waals surface area contributed by atoms with Crippen molar-refractivity contribution in [3.63, 3.8) is 0 Å². The SMILES string of the molecule is C.C[C@@H](O)[C@H](NC(=O)c1ccc(C#Cc2ccc(NC(=O)CNCC3CCCCC3)cc2)cc1)C(=O)NO. The van der Waals surface area contributed by atoms with Gasteiger partial charge < -0.3 is 21.1 Å². The molecule has 1 saturated carbocycles.